The molecule has 0 amide bonds. The van der Waals surface area contributed by atoms with Crippen molar-refractivity contribution in [2.75, 3.05) is 5.32 Å². The summed E-state index contributed by atoms with van der Waals surface area (Å²) in [5.74, 6) is -1.34. The Morgan fingerprint density at radius 1 is 1.19 bits per heavy atom. The SMILES string of the molecule is O=C(O)c1ccc(Nc2c(Br)cccc2Br)cc1[N+](=O)[O-]. The second kappa shape index (κ2) is 6.23. The van der Waals surface area contributed by atoms with Crippen LogP contribution in [0, 0.1) is 10.1 Å². The number of rotatable bonds is 4. The van der Waals surface area contributed by atoms with Gasteiger partial charge in [0, 0.05) is 20.7 Å². The molecule has 2 aromatic rings. The zero-order valence-electron chi connectivity index (χ0n) is 10.3. The fourth-order valence-electron chi connectivity index (χ4n) is 1.70. The molecule has 0 heterocycles. The molecule has 108 valence electrons. The van der Waals surface area contributed by atoms with E-state index >= 15 is 0 Å². The molecule has 0 saturated heterocycles. The maximum Gasteiger partial charge on any atom is 0.342 e. The average Bonchev–Trinajstić information content (AvgIpc) is 2.42. The number of hydrogen-bond donors (Lipinski definition) is 2. The molecule has 2 N–H and O–H groups in total. The highest BCUT2D eigenvalue weighted by atomic mass is 79.9. The molecule has 0 radical (unpaired) electrons. The summed E-state index contributed by atoms with van der Waals surface area (Å²) in [5, 5.41) is 22.9. The van der Waals surface area contributed by atoms with Gasteiger partial charge in [0.1, 0.15) is 5.56 Å². The smallest absolute Gasteiger partial charge is 0.342 e. The highest BCUT2D eigenvalue weighted by Gasteiger charge is 2.20. The van der Waals surface area contributed by atoms with Gasteiger partial charge in [0.05, 0.1) is 10.6 Å². The second-order valence-electron chi connectivity index (χ2n) is 4.02. The number of anilines is 2. The molecule has 6 nitrogen and oxygen atoms in total. The molecule has 0 aliphatic rings. The number of aromatic carboxylic acids is 1. The third-order valence-electron chi connectivity index (χ3n) is 2.66. The van der Waals surface area contributed by atoms with E-state index in [1.807, 2.05) is 18.2 Å². The summed E-state index contributed by atoms with van der Waals surface area (Å²) in [5.41, 5.74) is 0.293. The lowest BCUT2D eigenvalue weighted by Crippen LogP contribution is -2.03. The van der Waals surface area contributed by atoms with Gasteiger partial charge in [-0.15, -0.1) is 0 Å². The van der Waals surface area contributed by atoms with Crippen molar-refractivity contribution in [3.05, 3.63) is 61.0 Å². The zero-order valence-corrected chi connectivity index (χ0v) is 13.5. The van der Waals surface area contributed by atoms with Gasteiger partial charge in [0.2, 0.25) is 0 Å². The fourth-order valence-corrected chi connectivity index (χ4v) is 2.90. The second-order valence-corrected chi connectivity index (χ2v) is 5.72. The molecule has 2 rings (SSSR count). The van der Waals surface area contributed by atoms with Gasteiger partial charge in [0.15, 0.2) is 0 Å². The van der Waals surface area contributed by atoms with E-state index in [-0.39, 0.29) is 5.56 Å². The summed E-state index contributed by atoms with van der Waals surface area (Å²) in [4.78, 5) is 21.2. The van der Waals surface area contributed by atoms with E-state index in [1.54, 1.807) is 0 Å². The minimum absolute atomic E-state index is 0.350. The monoisotopic (exact) mass is 414 g/mol. The Balaban J connectivity index is 2.44. The first-order valence-electron chi connectivity index (χ1n) is 5.63. The number of halogens is 2. The molecule has 0 saturated carbocycles. The molecule has 8 heteroatoms. The Hall–Kier alpha value is -1.93. The van der Waals surface area contributed by atoms with Crippen LogP contribution in [0.1, 0.15) is 10.4 Å². The normalized spacial score (nSPS) is 10.2. The van der Waals surface area contributed by atoms with Crippen LogP contribution in [0.5, 0.6) is 0 Å². The van der Waals surface area contributed by atoms with Crippen LogP contribution in [0.25, 0.3) is 0 Å². The van der Waals surface area contributed by atoms with Crippen LogP contribution >= 0.6 is 31.9 Å². The van der Waals surface area contributed by atoms with Crippen molar-refractivity contribution in [2.45, 2.75) is 0 Å². The maximum absolute atomic E-state index is 11.0. The van der Waals surface area contributed by atoms with Crippen molar-refractivity contribution in [2.24, 2.45) is 0 Å². The van der Waals surface area contributed by atoms with Gasteiger partial charge >= 0.3 is 5.97 Å². The topological polar surface area (TPSA) is 92.5 Å². The summed E-state index contributed by atoms with van der Waals surface area (Å²) in [7, 11) is 0. The molecule has 0 spiro atoms. The quantitative estimate of drug-likeness (QED) is 0.563. The number of carboxylic acid groups (broad SMARTS) is 1. The molecule has 2 aromatic carbocycles. The average molecular weight is 416 g/mol. The number of nitro benzene ring substituents is 1. The first-order chi connectivity index (χ1) is 9.90. The molecular weight excluding hydrogens is 408 g/mol. The maximum atomic E-state index is 11.0. The number of carbonyl (C=O) groups is 1. The van der Waals surface area contributed by atoms with Crippen LogP contribution in [0.2, 0.25) is 0 Å². The van der Waals surface area contributed by atoms with Crippen LogP contribution in [-0.2, 0) is 0 Å². The Bertz CT molecular complexity index is 714. The summed E-state index contributed by atoms with van der Waals surface area (Å²) in [6.07, 6.45) is 0. The van der Waals surface area contributed by atoms with E-state index in [4.69, 9.17) is 5.11 Å². The summed E-state index contributed by atoms with van der Waals surface area (Å²) >= 11 is 6.74. The lowest BCUT2D eigenvalue weighted by Gasteiger charge is -2.11. The lowest BCUT2D eigenvalue weighted by atomic mass is 10.1. The van der Waals surface area contributed by atoms with Gasteiger partial charge in [0.25, 0.3) is 5.69 Å². The van der Waals surface area contributed by atoms with Crippen molar-refractivity contribution in [3.63, 3.8) is 0 Å². The summed E-state index contributed by atoms with van der Waals surface area (Å²) in [6, 6.07) is 9.32. The first-order valence-corrected chi connectivity index (χ1v) is 7.21. The number of para-hydroxylation sites is 1. The number of nitrogens with one attached hydrogen (secondary N) is 1. The van der Waals surface area contributed by atoms with Crippen molar-refractivity contribution < 1.29 is 14.8 Å². The molecule has 0 aliphatic carbocycles. The van der Waals surface area contributed by atoms with Gasteiger partial charge in [-0.1, -0.05) is 6.07 Å². The standard InChI is InChI=1S/C13H8Br2N2O4/c14-9-2-1-3-10(15)12(9)16-7-4-5-8(13(18)19)11(6-7)17(20)21/h1-6,16H,(H,18,19). The Kier molecular flexibility index (Phi) is 4.59. The Morgan fingerprint density at radius 2 is 1.81 bits per heavy atom. The van der Waals surface area contributed by atoms with Crippen LogP contribution in [0.4, 0.5) is 17.1 Å². The van der Waals surface area contributed by atoms with Gasteiger partial charge in [-0.05, 0) is 56.1 Å². The first kappa shape index (κ1) is 15.5. The van der Waals surface area contributed by atoms with Crippen LogP contribution in [0.3, 0.4) is 0 Å². The predicted molar refractivity (Wildman–Crippen MR) is 85.2 cm³/mol. The third-order valence-corrected chi connectivity index (χ3v) is 3.98. The van der Waals surface area contributed by atoms with Crippen molar-refractivity contribution in [1.29, 1.82) is 0 Å². The van der Waals surface area contributed by atoms with Crippen molar-refractivity contribution in [1.82, 2.24) is 0 Å². The Labute approximate surface area is 136 Å². The zero-order chi connectivity index (χ0) is 15.6. The number of nitrogens with zero attached hydrogens (tertiary/aromatic N) is 1. The van der Waals surface area contributed by atoms with E-state index in [0.29, 0.717) is 11.4 Å². The molecular formula is C13H8Br2N2O4. The lowest BCUT2D eigenvalue weighted by molar-refractivity contribution is -0.385. The third kappa shape index (κ3) is 3.40. The number of benzene rings is 2. The highest BCUT2D eigenvalue weighted by Crippen LogP contribution is 2.34. The van der Waals surface area contributed by atoms with Gasteiger partial charge in [-0.25, -0.2) is 4.79 Å². The van der Waals surface area contributed by atoms with E-state index in [1.165, 1.54) is 18.2 Å². The van der Waals surface area contributed by atoms with E-state index in [9.17, 15) is 14.9 Å². The van der Waals surface area contributed by atoms with Crippen molar-refractivity contribution in [3.8, 4) is 0 Å². The van der Waals surface area contributed by atoms with E-state index in [0.717, 1.165) is 8.95 Å². The fraction of sp³-hybridized carbons (Fsp3) is 0. The van der Waals surface area contributed by atoms with E-state index < -0.39 is 16.6 Å². The number of hydrogen-bond acceptors (Lipinski definition) is 4. The predicted octanol–water partition coefficient (Wildman–Crippen LogP) is 4.56. The summed E-state index contributed by atoms with van der Waals surface area (Å²) < 4.78 is 1.53. The van der Waals surface area contributed by atoms with Crippen LogP contribution in [0.15, 0.2) is 45.3 Å². The minimum Gasteiger partial charge on any atom is -0.477 e. The highest BCUT2D eigenvalue weighted by molar-refractivity contribution is 9.11. The molecule has 0 aromatic heterocycles. The summed E-state index contributed by atoms with van der Waals surface area (Å²) in [6.45, 7) is 0. The van der Waals surface area contributed by atoms with Crippen molar-refractivity contribution >= 4 is 54.9 Å². The molecule has 21 heavy (non-hydrogen) atoms. The molecule has 0 atom stereocenters. The van der Waals surface area contributed by atoms with Gasteiger partial charge < -0.3 is 10.4 Å². The van der Waals surface area contributed by atoms with Gasteiger partial charge in [-0.3, -0.25) is 10.1 Å². The largest absolute Gasteiger partial charge is 0.477 e. The van der Waals surface area contributed by atoms with Crippen LogP contribution in [-0.4, -0.2) is 16.0 Å². The molecule has 0 bridgehead atoms. The molecule has 0 unspecified atom stereocenters. The molecule has 0 aliphatic heterocycles. The number of nitro groups is 1. The van der Waals surface area contributed by atoms with Crippen LogP contribution < -0.4 is 5.32 Å². The van der Waals surface area contributed by atoms with E-state index in [2.05, 4.69) is 37.2 Å². The minimum atomic E-state index is -1.34. The Morgan fingerprint density at radius 3 is 2.33 bits per heavy atom. The number of carboxylic acids is 1. The van der Waals surface area contributed by atoms with Gasteiger partial charge in [-0.2, -0.15) is 0 Å². The molecule has 0 fully saturated rings.